The van der Waals surface area contributed by atoms with Gasteiger partial charge in [0, 0.05) is 47.4 Å². The number of H-pyrrole nitrogens is 1. The van der Waals surface area contributed by atoms with Gasteiger partial charge in [0.05, 0.1) is 34.1 Å². The number of nitro benzene ring substituents is 2. The van der Waals surface area contributed by atoms with Crippen molar-refractivity contribution in [1.29, 1.82) is 0 Å². The molecule has 0 aliphatic carbocycles. The number of aliphatic hydroxyl groups excluding tert-OH is 1. The molecule has 12 nitrogen and oxygen atoms in total. The molecule has 0 bridgehead atoms. The second-order valence-corrected chi connectivity index (χ2v) is 9.09. The van der Waals surface area contributed by atoms with Crippen molar-refractivity contribution in [1.82, 2.24) is 9.88 Å². The number of likely N-dealkylation sites (tertiary alicyclic amines) is 1. The van der Waals surface area contributed by atoms with Gasteiger partial charge >= 0.3 is 0 Å². The zero-order valence-corrected chi connectivity index (χ0v) is 21.1. The SMILES string of the molecule is COc1ccc2[nH]cc(CCN3C(=O)C(=O)C(=C(O)c4ccc([N+](=O)[O-])cc4)[C@H]3c3ccccc3[N+](=O)[O-])c2c1. The number of nitrogens with zero attached hydrogens (tertiary/aromatic N) is 3. The lowest BCUT2D eigenvalue weighted by Gasteiger charge is -2.25. The van der Waals surface area contributed by atoms with Crippen LogP contribution in [0.3, 0.4) is 0 Å². The molecule has 5 rings (SSSR count). The number of carbonyl (C=O) groups is 2. The molecular weight excluding hydrogens is 520 g/mol. The summed E-state index contributed by atoms with van der Waals surface area (Å²) in [6, 6.07) is 14.7. The van der Waals surface area contributed by atoms with Gasteiger partial charge in [0.1, 0.15) is 11.5 Å². The molecule has 0 saturated carbocycles. The van der Waals surface area contributed by atoms with Gasteiger partial charge in [0.15, 0.2) is 0 Å². The molecule has 1 aliphatic rings. The number of aliphatic hydroxyl groups is 1. The van der Waals surface area contributed by atoms with E-state index in [1.165, 1.54) is 35.2 Å². The number of non-ortho nitro benzene ring substituents is 1. The van der Waals surface area contributed by atoms with Gasteiger partial charge in [-0.15, -0.1) is 0 Å². The Kier molecular flexibility index (Phi) is 6.74. The molecule has 40 heavy (non-hydrogen) atoms. The molecular formula is C28H22N4O8. The summed E-state index contributed by atoms with van der Waals surface area (Å²) in [7, 11) is 1.55. The van der Waals surface area contributed by atoms with Crippen molar-refractivity contribution in [2.24, 2.45) is 0 Å². The lowest BCUT2D eigenvalue weighted by molar-refractivity contribution is -0.385. The number of methoxy groups -OCH3 is 1. The Morgan fingerprint density at radius 3 is 2.42 bits per heavy atom. The van der Waals surface area contributed by atoms with Gasteiger partial charge in [-0.3, -0.25) is 29.8 Å². The van der Waals surface area contributed by atoms with E-state index in [-0.39, 0.29) is 41.0 Å². The Hall–Kier alpha value is -5.52. The highest BCUT2D eigenvalue weighted by molar-refractivity contribution is 6.46. The van der Waals surface area contributed by atoms with Gasteiger partial charge in [-0.1, -0.05) is 12.1 Å². The highest BCUT2D eigenvalue weighted by Crippen LogP contribution is 2.42. The minimum atomic E-state index is -1.27. The van der Waals surface area contributed by atoms with E-state index in [1.54, 1.807) is 25.4 Å². The lowest BCUT2D eigenvalue weighted by Crippen LogP contribution is -2.32. The van der Waals surface area contributed by atoms with Gasteiger partial charge in [-0.05, 0) is 48.4 Å². The third kappa shape index (κ3) is 4.51. The van der Waals surface area contributed by atoms with E-state index < -0.39 is 33.3 Å². The van der Waals surface area contributed by atoms with Gasteiger partial charge < -0.3 is 19.7 Å². The van der Waals surface area contributed by atoms with Crippen LogP contribution in [0.5, 0.6) is 5.75 Å². The largest absolute Gasteiger partial charge is 0.507 e. The minimum Gasteiger partial charge on any atom is -0.507 e. The Morgan fingerprint density at radius 2 is 1.75 bits per heavy atom. The van der Waals surface area contributed by atoms with Crippen molar-refractivity contribution in [3.05, 3.63) is 115 Å². The Morgan fingerprint density at radius 1 is 1.02 bits per heavy atom. The number of hydrogen-bond donors (Lipinski definition) is 2. The monoisotopic (exact) mass is 542 g/mol. The van der Waals surface area contributed by atoms with Crippen molar-refractivity contribution >= 4 is 39.7 Å². The smallest absolute Gasteiger partial charge is 0.295 e. The summed E-state index contributed by atoms with van der Waals surface area (Å²) in [5.41, 5.74) is 0.868. The average Bonchev–Trinajstić information content (AvgIpc) is 3.48. The zero-order chi connectivity index (χ0) is 28.6. The molecule has 0 unspecified atom stereocenters. The lowest BCUT2D eigenvalue weighted by atomic mass is 9.94. The maximum absolute atomic E-state index is 13.3. The first-order chi connectivity index (χ1) is 19.2. The fourth-order valence-corrected chi connectivity index (χ4v) is 4.95. The minimum absolute atomic E-state index is 0.00247. The molecule has 2 N–H and O–H groups in total. The summed E-state index contributed by atoms with van der Waals surface area (Å²) < 4.78 is 5.31. The molecule has 1 fully saturated rings. The predicted octanol–water partition coefficient (Wildman–Crippen LogP) is 4.66. The molecule has 4 aromatic rings. The van der Waals surface area contributed by atoms with E-state index in [0.29, 0.717) is 5.75 Å². The molecule has 1 saturated heterocycles. The number of ketones is 1. The molecule has 0 radical (unpaired) electrons. The van der Waals surface area contributed by atoms with Crippen LogP contribution in [0.25, 0.3) is 16.7 Å². The van der Waals surface area contributed by atoms with E-state index in [4.69, 9.17) is 4.74 Å². The van der Waals surface area contributed by atoms with Crippen LogP contribution in [0.4, 0.5) is 11.4 Å². The molecule has 3 aromatic carbocycles. The van der Waals surface area contributed by atoms with Crippen LogP contribution in [0.1, 0.15) is 22.7 Å². The van der Waals surface area contributed by atoms with Crippen LogP contribution >= 0.6 is 0 Å². The summed E-state index contributed by atoms with van der Waals surface area (Å²) in [6.45, 7) is 0.00247. The van der Waals surface area contributed by atoms with Crippen LogP contribution in [0, 0.1) is 20.2 Å². The van der Waals surface area contributed by atoms with Crippen LogP contribution in [0.15, 0.2) is 78.5 Å². The van der Waals surface area contributed by atoms with Crippen LogP contribution in [-0.4, -0.2) is 50.2 Å². The first-order valence-corrected chi connectivity index (χ1v) is 12.1. The highest BCUT2D eigenvalue weighted by atomic mass is 16.6. The number of nitro groups is 2. The number of amides is 1. The van der Waals surface area contributed by atoms with Gasteiger partial charge in [0.25, 0.3) is 23.1 Å². The Balaban J connectivity index is 1.60. The van der Waals surface area contributed by atoms with Gasteiger partial charge in [0.2, 0.25) is 0 Å². The number of aromatic nitrogens is 1. The Bertz CT molecular complexity index is 1710. The number of para-hydroxylation sites is 1. The number of hydrogen-bond acceptors (Lipinski definition) is 8. The Labute approximate surface area is 226 Å². The first-order valence-electron chi connectivity index (χ1n) is 12.1. The van der Waals surface area contributed by atoms with Crippen molar-refractivity contribution in [3.8, 4) is 5.75 Å². The van der Waals surface area contributed by atoms with E-state index >= 15 is 0 Å². The third-order valence-corrected chi connectivity index (χ3v) is 6.92. The van der Waals surface area contributed by atoms with Gasteiger partial charge in [-0.25, -0.2) is 0 Å². The normalized spacial score (nSPS) is 16.4. The maximum Gasteiger partial charge on any atom is 0.295 e. The second-order valence-electron chi connectivity index (χ2n) is 9.09. The van der Waals surface area contributed by atoms with Crippen molar-refractivity contribution in [3.63, 3.8) is 0 Å². The molecule has 0 spiro atoms. The van der Waals surface area contributed by atoms with E-state index in [0.717, 1.165) is 28.6 Å². The number of aromatic amines is 1. The first kappa shape index (κ1) is 26.1. The molecule has 2 heterocycles. The summed E-state index contributed by atoms with van der Waals surface area (Å²) >= 11 is 0. The summed E-state index contributed by atoms with van der Waals surface area (Å²) in [4.78, 5) is 52.7. The van der Waals surface area contributed by atoms with E-state index in [1.807, 2.05) is 12.1 Å². The molecule has 1 aromatic heterocycles. The number of carbonyl (C=O) groups excluding carboxylic acids is 2. The van der Waals surface area contributed by atoms with E-state index in [9.17, 15) is 34.9 Å². The predicted molar refractivity (Wildman–Crippen MR) is 144 cm³/mol. The van der Waals surface area contributed by atoms with Crippen molar-refractivity contribution in [2.45, 2.75) is 12.5 Å². The zero-order valence-electron chi connectivity index (χ0n) is 21.1. The second kappa shape index (κ2) is 10.3. The number of ether oxygens (including phenoxy) is 1. The van der Waals surface area contributed by atoms with Crippen molar-refractivity contribution < 1.29 is 29.3 Å². The molecule has 1 aliphatic heterocycles. The quantitative estimate of drug-likeness (QED) is 0.106. The van der Waals surface area contributed by atoms with E-state index in [2.05, 4.69) is 4.98 Å². The summed E-state index contributed by atoms with van der Waals surface area (Å²) in [5, 5.41) is 35.0. The van der Waals surface area contributed by atoms with Crippen LogP contribution < -0.4 is 4.74 Å². The van der Waals surface area contributed by atoms with Crippen molar-refractivity contribution in [2.75, 3.05) is 13.7 Å². The summed E-state index contributed by atoms with van der Waals surface area (Å²) in [5.74, 6) is -1.89. The topological polar surface area (TPSA) is 169 Å². The number of Topliss-reactive ketones (excluding diaryl/α,β-unsaturated/α-hetero) is 1. The fraction of sp³-hybridized carbons (Fsp3) is 0.143. The number of benzene rings is 3. The number of rotatable bonds is 8. The molecule has 12 heteroatoms. The average molecular weight is 543 g/mol. The standard InChI is InChI=1S/C28H22N4O8/c1-40-19-10-11-22-21(14-19)17(15-29-22)12-13-30-25(20-4-2-3-5-23(20)32(38)39)24(27(34)28(30)35)26(33)16-6-8-18(9-7-16)31(36)37/h2-11,14-15,25,29,33H,12-13H2,1H3/t25-/m1/s1. The number of fused-ring (bicyclic) bond motifs is 1. The van der Waals surface area contributed by atoms with Crippen LogP contribution in [0.2, 0.25) is 0 Å². The fourth-order valence-electron chi connectivity index (χ4n) is 4.95. The van der Waals surface area contributed by atoms with Gasteiger partial charge in [-0.2, -0.15) is 0 Å². The highest BCUT2D eigenvalue weighted by Gasteiger charge is 2.48. The number of nitrogens with one attached hydrogen (secondary N) is 1. The molecule has 202 valence electrons. The molecule has 1 atom stereocenters. The van der Waals surface area contributed by atoms with Crippen LogP contribution in [-0.2, 0) is 16.0 Å². The summed E-state index contributed by atoms with van der Waals surface area (Å²) in [6.07, 6.45) is 2.06. The molecule has 1 amide bonds. The third-order valence-electron chi connectivity index (χ3n) is 6.92. The maximum atomic E-state index is 13.3.